The van der Waals surface area contributed by atoms with Crippen LogP contribution in [0.5, 0.6) is 0 Å². The van der Waals surface area contributed by atoms with Gasteiger partial charge in [-0.25, -0.2) is 4.39 Å². The zero-order valence-electron chi connectivity index (χ0n) is 14.1. The molecule has 0 aliphatic carbocycles. The standard InChI is InChI=1S/C16H14ClFN6O3/c1-2-22-9-13(24(26)27)15(21-22)16(25)19-14-5-6-23(20-14)8-10-3-4-11(18)7-12(10)17/h3-7,9H,2,8H2,1H3,(H,19,20,25). The Morgan fingerprint density at radius 1 is 1.33 bits per heavy atom. The van der Waals surface area contributed by atoms with Crippen LogP contribution in [0.4, 0.5) is 15.9 Å². The number of rotatable bonds is 6. The molecule has 2 aromatic heterocycles. The molecule has 0 bridgehead atoms. The Balaban J connectivity index is 1.75. The molecule has 0 atom stereocenters. The van der Waals surface area contributed by atoms with Gasteiger partial charge in [0.05, 0.1) is 11.5 Å². The van der Waals surface area contributed by atoms with Crippen molar-refractivity contribution in [1.29, 1.82) is 0 Å². The lowest BCUT2D eigenvalue weighted by Crippen LogP contribution is -2.15. The van der Waals surface area contributed by atoms with Gasteiger partial charge in [-0.2, -0.15) is 10.2 Å². The molecule has 3 rings (SSSR count). The van der Waals surface area contributed by atoms with Crippen molar-refractivity contribution in [3.63, 3.8) is 0 Å². The van der Waals surface area contributed by atoms with Crippen molar-refractivity contribution in [1.82, 2.24) is 19.6 Å². The molecule has 1 amide bonds. The summed E-state index contributed by atoms with van der Waals surface area (Å²) in [6.45, 7) is 2.40. The molecular weight excluding hydrogens is 379 g/mol. The maximum absolute atomic E-state index is 13.1. The third kappa shape index (κ3) is 4.11. The van der Waals surface area contributed by atoms with Gasteiger partial charge in [0.2, 0.25) is 5.69 Å². The zero-order chi connectivity index (χ0) is 19.6. The minimum absolute atomic E-state index is 0.193. The number of anilines is 1. The Hall–Kier alpha value is -3.27. The molecule has 140 valence electrons. The number of hydrogen-bond donors (Lipinski definition) is 1. The normalized spacial score (nSPS) is 10.8. The molecule has 9 nitrogen and oxygen atoms in total. The van der Waals surface area contributed by atoms with Crippen molar-refractivity contribution < 1.29 is 14.1 Å². The Morgan fingerprint density at radius 2 is 2.11 bits per heavy atom. The second-order valence-corrected chi connectivity index (χ2v) is 5.97. The molecule has 27 heavy (non-hydrogen) atoms. The molecule has 0 radical (unpaired) electrons. The van der Waals surface area contributed by atoms with Crippen molar-refractivity contribution in [2.75, 3.05) is 5.32 Å². The molecule has 0 unspecified atom stereocenters. The highest BCUT2D eigenvalue weighted by atomic mass is 35.5. The quantitative estimate of drug-likeness (QED) is 0.512. The molecule has 0 saturated carbocycles. The summed E-state index contributed by atoms with van der Waals surface area (Å²) in [6.07, 6.45) is 2.79. The average molecular weight is 393 g/mol. The van der Waals surface area contributed by atoms with E-state index in [0.29, 0.717) is 12.1 Å². The van der Waals surface area contributed by atoms with E-state index in [4.69, 9.17) is 11.6 Å². The molecule has 0 saturated heterocycles. The second kappa shape index (κ2) is 7.54. The number of carbonyl (C=O) groups excluding carboxylic acids is 1. The molecule has 0 aliphatic heterocycles. The van der Waals surface area contributed by atoms with Gasteiger partial charge in [-0.05, 0) is 24.6 Å². The van der Waals surface area contributed by atoms with Crippen LogP contribution in [0.3, 0.4) is 0 Å². The molecule has 2 heterocycles. The SMILES string of the molecule is CCn1cc([N+](=O)[O-])c(C(=O)Nc2ccn(Cc3ccc(F)cc3Cl)n2)n1. The summed E-state index contributed by atoms with van der Waals surface area (Å²) in [7, 11) is 0. The number of halogens is 2. The number of nitrogens with one attached hydrogen (secondary N) is 1. The molecule has 11 heteroatoms. The fourth-order valence-electron chi connectivity index (χ4n) is 2.38. The molecule has 0 fully saturated rings. The lowest BCUT2D eigenvalue weighted by Gasteiger charge is -2.05. The first-order valence-electron chi connectivity index (χ1n) is 7.88. The first kappa shape index (κ1) is 18.5. The predicted molar refractivity (Wildman–Crippen MR) is 95.2 cm³/mol. The Labute approximate surface area is 157 Å². The second-order valence-electron chi connectivity index (χ2n) is 5.56. The number of hydrogen-bond acceptors (Lipinski definition) is 5. The van der Waals surface area contributed by atoms with Crippen LogP contribution in [-0.4, -0.2) is 30.4 Å². The number of carbonyl (C=O) groups is 1. The van der Waals surface area contributed by atoms with Gasteiger partial charge in [-0.15, -0.1) is 0 Å². The summed E-state index contributed by atoms with van der Waals surface area (Å²) in [5, 5.41) is 21.9. The van der Waals surface area contributed by atoms with Crippen LogP contribution in [0.15, 0.2) is 36.7 Å². The Bertz CT molecular complexity index is 1020. The van der Waals surface area contributed by atoms with Crippen LogP contribution in [-0.2, 0) is 13.1 Å². The highest BCUT2D eigenvalue weighted by Crippen LogP contribution is 2.20. The highest BCUT2D eigenvalue weighted by molar-refractivity contribution is 6.31. The summed E-state index contributed by atoms with van der Waals surface area (Å²) in [6, 6.07) is 5.55. The van der Waals surface area contributed by atoms with Crippen molar-refractivity contribution in [2.45, 2.75) is 20.0 Å². The van der Waals surface area contributed by atoms with Crippen molar-refractivity contribution in [3.05, 3.63) is 68.9 Å². The molecule has 0 spiro atoms. The van der Waals surface area contributed by atoms with E-state index in [1.807, 2.05) is 0 Å². The largest absolute Gasteiger partial charge is 0.320 e. The monoisotopic (exact) mass is 392 g/mol. The lowest BCUT2D eigenvalue weighted by molar-refractivity contribution is -0.385. The third-order valence-corrected chi connectivity index (χ3v) is 4.06. The maximum Gasteiger partial charge on any atom is 0.320 e. The first-order valence-corrected chi connectivity index (χ1v) is 8.25. The number of benzene rings is 1. The first-order chi connectivity index (χ1) is 12.9. The van der Waals surface area contributed by atoms with Gasteiger partial charge in [0.15, 0.2) is 5.82 Å². The minimum atomic E-state index is -0.737. The molecule has 3 aromatic rings. The number of nitrogens with zero attached hydrogens (tertiary/aromatic N) is 5. The van der Waals surface area contributed by atoms with Gasteiger partial charge in [-0.1, -0.05) is 17.7 Å². The van der Waals surface area contributed by atoms with Crippen molar-refractivity contribution >= 4 is 29.0 Å². The number of nitro groups is 1. The van der Waals surface area contributed by atoms with Crippen molar-refractivity contribution in [2.24, 2.45) is 0 Å². The van der Waals surface area contributed by atoms with E-state index in [0.717, 1.165) is 0 Å². The summed E-state index contributed by atoms with van der Waals surface area (Å²) in [4.78, 5) is 22.7. The van der Waals surface area contributed by atoms with E-state index >= 15 is 0 Å². The van der Waals surface area contributed by atoms with Crippen LogP contribution in [0, 0.1) is 15.9 Å². The van der Waals surface area contributed by atoms with Crippen molar-refractivity contribution in [3.8, 4) is 0 Å². The van der Waals surface area contributed by atoms with E-state index in [1.165, 1.54) is 33.8 Å². The summed E-state index contributed by atoms with van der Waals surface area (Å²) >= 11 is 5.99. The van der Waals surface area contributed by atoms with E-state index in [2.05, 4.69) is 15.5 Å². The van der Waals surface area contributed by atoms with E-state index in [-0.39, 0.29) is 28.8 Å². The number of aryl methyl sites for hydroxylation is 1. The van der Waals surface area contributed by atoms with Crippen LogP contribution >= 0.6 is 11.6 Å². The third-order valence-electron chi connectivity index (χ3n) is 3.71. The summed E-state index contributed by atoms with van der Waals surface area (Å²) in [5.41, 5.74) is -0.0266. The lowest BCUT2D eigenvalue weighted by atomic mass is 10.2. The Morgan fingerprint density at radius 3 is 2.78 bits per heavy atom. The number of amides is 1. The van der Waals surface area contributed by atoms with E-state index in [1.54, 1.807) is 19.2 Å². The van der Waals surface area contributed by atoms with Gasteiger partial charge < -0.3 is 5.32 Å². The smallest absolute Gasteiger partial charge is 0.303 e. The fraction of sp³-hybridized carbons (Fsp3) is 0.188. The van der Waals surface area contributed by atoms with Gasteiger partial charge in [-0.3, -0.25) is 24.3 Å². The fourth-order valence-corrected chi connectivity index (χ4v) is 2.61. The van der Waals surface area contributed by atoms with Gasteiger partial charge in [0.1, 0.15) is 12.0 Å². The molecular formula is C16H14ClFN6O3. The number of aromatic nitrogens is 4. The van der Waals surface area contributed by atoms with Crippen LogP contribution in [0.1, 0.15) is 23.0 Å². The Kier molecular flexibility index (Phi) is 5.17. The minimum Gasteiger partial charge on any atom is -0.303 e. The van der Waals surface area contributed by atoms with E-state index < -0.39 is 16.6 Å². The highest BCUT2D eigenvalue weighted by Gasteiger charge is 2.25. The van der Waals surface area contributed by atoms with Gasteiger partial charge in [0.25, 0.3) is 5.91 Å². The van der Waals surface area contributed by atoms with Gasteiger partial charge >= 0.3 is 5.69 Å². The van der Waals surface area contributed by atoms with Crippen LogP contribution < -0.4 is 5.32 Å². The maximum atomic E-state index is 13.1. The van der Waals surface area contributed by atoms with E-state index in [9.17, 15) is 19.3 Å². The zero-order valence-corrected chi connectivity index (χ0v) is 14.9. The summed E-state index contributed by atoms with van der Waals surface area (Å²) in [5.74, 6) is -0.983. The van der Waals surface area contributed by atoms with Crippen LogP contribution in [0.25, 0.3) is 0 Å². The van der Waals surface area contributed by atoms with Gasteiger partial charge in [0, 0.05) is 23.8 Å². The topological polar surface area (TPSA) is 108 Å². The predicted octanol–water partition coefficient (Wildman–Crippen LogP) is 3.10. The average Bonchev–Trinajstić information content (AvgIpc) is 3.24. The molecule has 1 N–H and O–H groups in total. The molecule has 1 aromatic carbocycles. The van der Waals surface area contributed by atoms with Crippen LogP contribution in [0.2, 0.25) is 5.02 Å². The molecule has 0 aliphatic rings. The summed E-state index contributed by atoms with van der Waals surface area (Å²) < 4.78 is 15.9.